The molecule has 0 radical (unpaired) electrons. The average molecular weight is 753 g/mol. The molecule has 0 bridgehead atoms. The van der Waals surface area contributed by atoms with Gasteiger partial charge in [0, 0.05) is 9.80 Å². The Bertz CT molecular complexity index is 1900. The van der Waals surface area contributed by atoms with Crippen molar-refractivity contribution in [3.63, 3.8) is 0 Å². The number of hydrogen-bond acceptors (Lipinski definition) is 7. The second-order valence-electron chi connectivity index (χ2n) is 13.8. The number of carboxylic acids is 1. The van der Waals surface area contributed by atoms with Crippen molar-refractivity contribution in [3.05, 3.63) is 141 Å². The van der Waals surface area contributed by atoms with Gasteiger partial charge < -0.3 is 29.3 Å². The lowest BCUT2D eigenvalue weighted by Gasteiger charge is -2.31. The van der Waals surface area contributed by atoms with Crippen LogP contribution >= 0.6 is 7.75 Å². The van der Waals surface area contributed by atoms with Crippen LogP contribution in [-0.4, -0.2) is 33.5 Å². The first-order chi connectivity index (χ1) is 24.7. The number of amides is 1. The van der Waals surface area contributed by atoms with E-state index in [2.05, 4.69) is 15.1 Å². The number of para-hydroxylation sites is 2. The number of carbonyl (C=O) groups is 2. The number of fused-ring (bicyclic) bond motifs is 2. The van der Waals surface area contributed by atoms with Crippen molar-refractivity contribution in [2.24, 2.45) is 4.88 Å². The first-order valence-corrected chi connectivity index (χ1v) is 17.9. The zero-order valence-corrected chi connectivity index (χ0v) is 31.1. The molecule has 3 N–H and O–H groups in total. The minimum absolute atomic E-state index is 0.129. The fraction of sp³-hybridized carbons (Fsp3) is 0.316. The molecule has 0 heterocycles. The molecule has 0 fully saturated rings. The standard InChI is InChI=1S/C13H16FNO2.C12H10N3O3P.C9H7FO2.C4H10O/c1-13(2,3)17-12(16)15-11-6-8-4-5-9(14)7-10(8)11;13-14-15-19(16,17-11-7-3-1-4-8-11)18-12-9-5-2-6-10-12;10-6-2-1-5-3-8(9(11)12)7(5)4-6;1-4(2,3)5/h4-5,7,11H,6H2,1-3H3,(H,15,16);1-10H;1-2,4,8H,3H2,(H,11,12);5H,1-3H3. The quantitative estimate of drug-likeness (QED) is 0.0722. The SMILES string of the molecule is CC(C)(C)O.CC(C)(C)OC(=O)NC1Cc2ccc(F)cc21.O=C(O)C1Cc2ccc(F)cc21.[N-]=[N+]=NP(=O)(Oc1ccccc1)Oc1ccccc1. The van der Waals surface area contributed by atoms with Crippen LogP contribution in [0.15, 0.2) is 102 Å². The summed E-state index contributed by atoms with van der Waals surface area (Å²) in [5.41, 5.74) is 11.0. The molecule has 53 heavy (non-hydrogen) atoms. The van der Waals surface area contributed by atoms with E-state index >= 15 is 0 Å². The summed E-state index contributed by atoms with van der Waals surface area (Å²) < 4.78 is 53.4. The molecule has 0 aliphatic heterocycles. The number of nitrogens with zero attached hydrogens (tertiary/aromatic N) is 3. The molecule has 12 nitrogen and oxygen atoms in total. The van der Waals surface area contributed by atoms with Gasteiger partial charge in [0.25, 0.3) is 0 Å². The van der Waals surface area contributed by atoms with Crippen molar-refractivity contribution in [2.75, 3.05) is 0 Å². The van der Waals surface area contributed by atoms with Gasteiger partial charge in [0.05, 0.1) is 17.6 Å². The fourth-order valence-corrected chi connectivity index (χ4v) is 5.67. The zero-order valence-electron chi connectivity index (χ0n) is 30.2. The van der Waals surface area contributed by atoms with Crippen LogP contribution in [-0.2, 0) is 26.9 Å². The monoisotopic (exact) mass is 752 g/mol. The highest BCUT2D eigenvalue weighted by Crippen LogP contribution is 2.50. The Labute approximate surface area is 307 Å². The van der Waals surface area contributed by atoms with Gasteiger partial charge in [-0.2, -0.15) is 0 Å². The Morgan fingerprint density at radius 2 is 1.26 bits per heavy atom. The normalized spacial score (nSPS) is 15.0. The minimum Gasteiger partial charge on any atom is -0.481 e. The number of halogens is 2. The van der Waals surface area contributed by atoms with E-state index in [0.717, 1.165) is 23.1 Å². The minimum atomic E-state index is -3.95. The van der Waals surface area contributed by atoms with E-state index in [0.29, 0.717) is 23.5 Å². The van der Waals surface area contributed by atoms with Gasteiger partial charge in [0.1, 0.15) is 28.7 Å². The molecule has 0 spiro atoms. The highest BCUT2D eigenvalue weighted by molar-refractivity contribution is 7.53. The molecule has 2 aliphatic carbocycles. The topological polar surface area (TPSA) is 180 Å². The maximum Gasteiger partial charge on any atom is 0.525 e. The second-order valence-corrected chi connectivity index (χ2v) is 15.3. The van der Waals surface area contributed by atoms with E-state index in [1.165, 1.54) is 24.3 Å². The maximum atomic E-state index is 13.0. The van der Waals surface area contributed by atoms with Crippen molar-refractivity contribution in [3.8, 4) is 11.5 Å². The van der Waals surface area contributed by atoms with Crippen LogP contribution in [0.2, 0.25) is 0 Å². The smallest absolute Gasteiger partial charge is 0.481 e. The van der Waals surface area contributed by atoms with E-state index in [4.69, 9.17) is 29.5 Å². The van der Waals surface area contributed by atoms with Gasteiger partial charge in [-0.25, -0.2) is 18.1 Å². The predicted molar refractivity (Wildman–Crippen MR) is 196 cm³/mol. The summed E-state index contributed by atoms with van der Waals surface area (Å²) in [7, 11) is -3.95. The van der Waals surface area contributed by atoms with Gasteiger partial charge in [-0.3, -0.25) is 4.79 Å². The Morgan fingerprint density at radius 3 is 1.70 bits per heavy atom. The number of carboxylic acid groups (broad SMARTS) is 1. The summed E-state index contributed by atoms with van der Waals surface area (Å²) in [6, 6.07) is 25.6. The zero-order chi connectivity index (χ0) is 39.4. The lowest BCUT2D eigenvalue weighted by atomic mass is 9.78. The summed E-state index contributed by atoms with van der Waals surface area (Å²) in [6.07, 6.45) is 0.803. The van der Waals surface area contributed by atoms with Gasteiger partial charge in [-0.1, -0.05) is 48.5 Å². The van der Waals surface area contributed by atoms with Crippen molar-refractivity contribution in [1.29, 1.82) is 0 Å². The summed E-state index contributed by atoms with van der Waals surface area (Å²) in [6.45, 7) is 10.6. The third-order valence-electron chi connectivity index (χ3n) is 6.88. The molecule has 282 valence electrons. The van der Waals surface area contributed by atoms with Crippen molar-refractivity contribution in [2.45, 2.75) is 77.5 Å². The van der Waals surface area contributed by atoms with E-state index < -0.39 is 36.9 Å². The molecule has 2 aliphatic rings. The summed E-state index contributed by atoms with van der Waals surface area (Å²) in [5.74, 6) is -1.40. The number of rotatable bonds is 7. The number of alkyl carbamates (subject to hydrolysis) is 1. The summed E-state index contributed by atoms with van der Waals surface area (Å²) >= 11 is 0. The number of benzene rings is 4. The van der Waals surface area contributed by atoms with Crippen molar-refractivity contribution >= 4 is 19.8 Å². The van der Waals surface area contributed by atoms with Gasteiger partial charge >= 0.3 is 19.8 Å². The van der Waals surface area contributed by atoms with Crippen molar-refractivity contribution < 1.29 is 46.9 Å². The van der Waals surface area contributed by atoms with Crippen LogP contribution in [0.5, 0.6) is 11.5 Å². The highest BCUT2D eigenvalue weighted by Gasteiger charge is 2.32. The molecule has 0 saturated carbocycles. The molecule has 2 atom stereocenters. The number of hydrogen-bond donors (Lipinski definition) is 3. The lowest BCUT2D eigenvalue weighted by Crippen LogP contribution is -2.39. The van der Waals surface area contributed by atoms with Crippen LogP contribution in [0.3, 0.4) is 0 Å². The van der Waals surface area contributed by atoms with E-state index in [-0.39, 0.29) is 17.7 Å². The molecule has 15 heteroatoms. The van der Waals surface area contributed by atoms with E-state index in [1.807, 2.05) is 0 Å². The number of ether oxygens (including phenoxy) is 1. The Hall–Kier alpha value is -5.42. The van der Waals surface area contributed by atoms with Crippen LogP contribution in [0.1, 0.15) is 75.8 Å². The Morgan fingerprint density at radius 1 is 0.811 bits per heavy atom. The number of nitrogens with one attached hydrogen (secondary N) is 1. The molecule has 1 amide bonds. The van der Waals surface area contributed by atoms with Gasteiger partial charge in [0.15, 0.2) is 0 Å². The van der Waals surface area contributed by atoms with Crippen molar-refractivity contribution in [1.82, 2.24) is 5.32 Å². The summed E-state index contributed by atoms with van der Waals surface area (Å²) in [5, 5.41) is 19.9. The third-order valence-corrected chi connectivity index (χ3v) is 8.06. The number of aliphatic carboxylic acids is 1. The maximum absolute atomic E-state index is 13.0. The highest BCUT2D eigenvalue weighted by atomic mass is 31.2. The first kappa shape index (κ1) is 42.0. The molecule has 6 rings (SSSR count). The molecular weight excluding hydrogens is 709 g/mol. The second kappa shape index (κ2) is 18.4. The molecule has 2 unspecified atom stereocenters. The van der Waals surface area contributed by atoms with Crippen LogP contribution in [0, 0.1) is 11.6 Å². The Balaban J connectivity index is 0.000000205. The molecule has 4 aromatic carbocycles. The Kier molecular flexibility index (Phi) is 14.6. The summed E-state index contributed by atoms with van der Waals surface area (Å²) in [4.78, 5) is 27.7. The molecule has 0 saturated heterocycles. The van der Waals surface area contributed by atoms with Gasteiger partial charge in [-0.05, 0) is 131 Å². The van der Waals surface area contributed by atoms with Gasteiger partial charge in [-0.15, -0.1) is 0 Å². The van der Waals surface area contributed by atoms with E-state index in [1.54, 1.807) is 114 Å². The predicted octanol–water partition coefficient (Wildman–Crippen LogP) is 9.84. The third kappa shape index (κ3) is 14.6. The van der Waals surface area contributed by atoms with Crippen LogP contribution < -0.4 is 14.4 Å². The lowest BCUT2D eigenvalue weighted by molar-refractivity contribution is -0.139. The molecule has 4 aromatic rings. The number of aliphatic hydroxyl groups is 1. The van der Waals surface area contributed by atoms with Crippen LogP contribution in [0.4, 0.5) is 13.6 Å². The average Bonchev–Trinajstić information content (AvgIpc) is 3.02. The largest absolute Gasteiger partial charge is 0.525 e. The molecule has 0 aromatic heterocycles. The molecular formula is C38H43F2N4O8P. The first-order valence-electron chi connectivity index (χ1n) is 16.4. The van der Waals surface area contributed by atoms with E-state index in [9.17, 15) is 22.9 Å². The number of carbonyl (C=O) groups excluding carboxylic acids is 1. The van der Waals surface area contributed by atoms with Gasteiger partial charge in [0.2, 0.25) is 0 Å². The fourth-order valence-electron chi connectivity index (χ4n) is 4.68. The van der Waals surface area contributed by atoms with Crippen LogP contribution in [0.25, 0.3) is 10.4 Å². The number of azide groups is 1.